The molecule has 84 valence electrons. The van der Waals surface area contributed by atoms with Crippen molar-refractivity contribution >= 4 is 33.9 Å². The van der Waals surface area contributed by atoms with Gasteiger partial charge in [-0.15, -0.1) is 0 Å². The van der Waals surface area contributed by atoms with E-state index >= 15 is 0 Å². The summed E-state index contributed by atoms with van der Waals surface area (Å²) in [5.41, 5.74) is 6.71. The fraction of sp³-hybridized carbons (Fsp3) is 0.400. The number of nitrogen functional groups attached to an aromatic ring is 1. The summed E-state index contributed by atoms with van der Waals surface area (Å²) in [5, 5.41) is 9.34. The molecule has 6 heteroatoms. The number of imidazole rings is 1. The maximum Gasteiger partial charge on any atom is 0.150 e. The van der Waals surface area contributed by atoms with Crippen LogP contribution in [0.1, 0.15) is 24.6 Å². The van der Waals surface area contributed by atoms with Crippen LogP contribution in [0.2, 0.25) is 0 Å². The van der Waals surface area contributed by atoms with Crippen molar-refractivity contribution in [3.8, 4) is 0 Å². The Hall–Kier alpha value is -0.890. The van der Waals surface area contributed by atoms with Gasteiger partial charge in [0.15, 0.2) is 5.82 Å². The fourth-order valence-corrected chi connectivity index (χ4v) is 2.91. The first kappa shape index (κ1) is 10.3. The molecule has 1 aliphatic carbocycles. The summed E-state index contributed by atoms with van der Waals surface area (Å²) in [6.07, 6.45) is 4.96. The SMILES string of the molecule is Nc1nccn2c(C3CC(O)C3)nc(I)c12. The lowest BCUT2D eigenvalue weighted by Gasteiger charge is -2.30. The van der Waals surface area contributed by atoms with E-state index in [1.165, 1.54) is 0 Å². The lowest BCUT2D eigenvalue weighted by atomic mass is 9.82. The number of hydrogen-bond acceptors (Lipinski definition) is 4. The minimum absolute atomic E-state index is 0.172. The molecule has 2 aromatic rings. The molecule has 3 N–H and O–H groups in total. The van der Waals surface area contributed by atoms with Crippen LogP contribution in [-0.4, -0.2) is 25.6 Å². The summed E-state index contributed by atoms with van der Waals surface area (Å²) >= 11 is 2.17. The molecule has 0 saturated heterocycles. The van der Waals surface area contributed by atoms with Crippen LogP contribution in [0.3, 0.4) is 0 Å². The number of nitrogens with zero attached hydrogens (tertiary/aromatic N) is 3. The van der Waals surface area contributed by atoms with Crippen molar-refractivity contribution in [3.05, 3.63) is 21.9 Å². The van der Waals surface area contributed by atoms with E-state index in [4.69, 9.17) is 5.73 Å². The van der Waals surface area contributed by atoms with Gasteiger partial charge >= 0.3 is 0 Å². The summed E-state index contributed by atoms with van der Waals surface area (Å²) in [7, 11) is 0. The molecule has 0 aliphatic heterocycles. The lowest BCUT2D eigenvalue weighted by Crippen LogP contribution is -2.27. The normalized spacial score (nSPS) is 24.6. The molecule has 0 atom stereocenters. The monoisotopic (exact) mass is 330 g/mol. The van der Waals surface area contributed by atoms with Crippen LogP contribution in [0, 0.1) is 3.70 Å². The number of fused-ring (bicyclic) bond motifs is 1. The van der Waals surface area contributed by atoms with Crippen molar-refractivity contribution in [1.29, 1.82) is 0 Å². The average Bonchev–Trinajstić information content (AvgIpc) is 2.53. The number of aliphatic hydroxyl groups is 1. The summed E-state index contributed by atoms with van der Waals surface area (Å²) in [6, 6.07) is 0. The van der Waals surface area contributed by atoms with Gasteiger partial charge in [-0.3, -0.25) is 4.40 Å². The fourth-order valence-electron chi connectivity index (χ4n) is 2.13. The first-order chi connectivity index (χ1) is 7.66. The number of anilines is 1. The highest BCUT2D eigenvalue weighted by Gasteiger charge is 2.32. The second kappa shape index (κ2) is 3.56. The van der Waals surface area contributed by atoms with Gasteiger partial charge in [-0.25, -0.2) is 9.97 Å². The van der Waals surface area contributed by atoms with Gasteiger partial charge < -0.3 is 10.8 Å². The van der Waals surface area contributed by atoms with Gasteiger partial charge in [0, 0.05) is 18.3 Å². The number of aliphatic hydroxyl groups excluding tert-OH is 1. The Balaban J connectivity index is 2.16. The van der Waals surface area contributed by atoms with E-state index in [9.17, 15) is 5.11 Å². The molecule has 2 heterocycles. The molecule has 0 bridgehead atoms. The molecule has 1 aliphatic rings. The van der Waals surface area contributed by atoms with Gasteiger partial charge in [-0.2, -0.15) is 0 Å². The molecule has 3 rings (SSSR count). The van der Waals surface area contributed by atoms with Crippen molar-refractivity contribution in [3.63, 3.8) is 0 Å². The largest absolute Gasteiger partial charge is 0.393 e. The third-order valence-electron chi connectivity index (χ3n) is 3.05. The molecular formula is C10H11IN4O. The van der Waals surface area contributed by atoms with Crippen LogP contribution in [0.15, 0.2) is 12.4 Å². The van der Waals surface area contributed by atoms with Gasteiger partial charge in [-0.1, -0.05) is 0 Å². The minimum Gasteiger partial charge on any atom is -0.393 e. The average molecular weight is 330 g/mol. The predicted molar refractivity (Wildman–Crippen MR) is 68.1 cm³/mol. The number of hydrogen-bond donors (Lipinski definition) is 2. The van der Waals surface area contributed by atoms with Crippen molar-refractivity contribution in [1.82, 2.24) is 14.4 Å². The Bertz CT molecular complexity index is 547. The van der Waals surface area contributed by atoms with E-state index in [1.807, 2.05) is 10.6 Å². The standard InChI is InChI=1S/C10H11IN4O/c11-8-7-9(12)13-1-2-15(7)10(14-8)5-3-6(16)4-5/h1-2,5-6,16H,3-4H2,(H2,12,13). The Labute approximate surface area is 106 Å². The van der Waals surface area contributed by atoms with Crippen LogP contribution < -0.4 is 5.73 Å². The van der Waals surface area contributed by atoms with E-state index in [-0.39, 0.29) is 6.10 Å². The van der Waals surface area contributed by atoms with Gasteiger partial charge in [0.25, 0.3) is 0 Å². The highest BCUT2D eigenvalue weighted by atomic mass is 127. The Kier molecular flexibility index (Phi) is 2.28. The highest BCUT2D eigenvalue weighted by molar-refractivity contribution is 14.1. The van der Waals surface area contributed by atoms with Gasteiger partial charge in [0.1, 0.15) is 15.0 Å². The third kappa shape index (κ3) is 1.40. The van der Waals surface area contributed by atoms with Gasteiger partial charge in [0.2, 0.25) is 0 Å². The van der Waals surface area contributed by atoms with E-state index < -0.39 is 0 Å². The molecule has 1 saturated carbocycles. The lowest BCUT2D eigenvalue weighted by molar-refractivity contribution is 0.0715. The second-order valence-corrected chi connectivity index (χ2v) is 5.14. The van der Waals surface area contributed by atoms with E-state index in [0.29, 0.717) is 11.7 Å². The zero-order chi connectivity index (χ0) is 11.3. The summed E-state index contributed by atoms with van der Waals surface area (Å²) in [4.78, 5) is 8.59. The van der Waals surface area contributed by atoms with Crippen LogP contribution in [0.5, 0.6) is 0 Å². The predicted octanol–water partition coefficient (Wildman–Crippen LogP) is 1.15. The van der Waals surface area contributed by atoms with Crippen molar-refractivity contribution < 1.29 is 5.11 Å². The van der Waals surface area contributed by atoms with Crippen LogP contribution in [-0.2, 0) is 0 Å². The Morgan fingerprint density at radius 1 is 1.50 bits per heavy atom. The second-order valence-electron chi connectivity index (χ2n) is 4.11. The number of halogens is 1. The summed E-state index contributed by atoms with van der Waals surface area (Å²) in [5.74, 6) is 1.83. The Morgan fingerprint density at radius 2 is 2.25 bits per heavy atom. The van der Waals surface area contributed by atoms with Crippen molar-refractivity contribution in [2.24, 2.45) is 0 Å². The Morgan fingerprint density at radius 3 is 2.94 bits per heavy atom. The quantitative estimate of drug-likeness (QED) is 0.769. The van der Waals surface area contributed by atoms with Crippen molar-refractivity contribution in [2.45, 2.75) is 24.9 Å². The third-order valence-corrected chi connectivity index (χ3v) is 3.80. The molecule has 16 heavy (non-hydrogen) atoms. The maximum absolute atomic E-state index is 9.34. The molecule has 0 amide bonds. The summed E-state index contributed by atoms with van der Waals surface area (Å²) < 4.78 is 2.86. The van der Waals surface area contributed by atoms with E-state index in [2.05, 4.69) is 32.6 Å². The molecule has 1 fully saturated rings. The molecular weight excluding hydrogens is 319 g/mol. The number of rotatable bonds is 1. The summed E-state index contributed by atoms with van der Waals surface area (Å²) in [6.45, 7) is 0. The molecule has 5 nitrogen and oxygen atoms in total. The van der Waals surface area contributed by atoms with Crippen LogP contribution in [0.4, 0.5) is 5.82 Å². The molecule has 2 aromatic heterocycles. The van der Waals surface area contributed by atoms with Gasteiger partial charge in [0.05, 0.1) is 6.10 Å². The van der Waals surface area contributed by atoms with Crippen molar-refractivity contribution in [2.75, 3.05) is 5.73 Å². The highest BCUT2D eigenvalue weighted by Crippen LogP contribution is 2.37. The van der Waals surface area contributed by atoms with E-state index in [0.717, 1.165) is 27.9 Å². The topological polar surface area (TPSA) is 76.4 Å². The van der Waals surface area contributed by atoms with E-state index in [1.54, 1.807) is 6.20 Å². The number of nitrogens with two attached hydrogens (primary N) is 1. The minimum atomic E-state index is -0.172. The van der Waals surface area contributed by atoms with Crippen LogP contribution in [0.25, 0.3) is 5.52 Å². The zero-order valence-corrected chi connectivity index (χ0v) is 10.6. The molecule has 0 radical (unpaired) electrons. The molecule has 0 aromatic carbocycles. The smallest absolute Gasteiger partial charge is 0.150 e. The number of aromatic nitrogens is 3. The maximum atomic E-state index is 9.34. The van der Waals surface area contributed by atoms with Gasteiger partial charge in [-0.05, 0) is 35.4 Å². The first-order valence-corrected chi connectivity index (χ1v) is 6.20. The molecule has 0 spiro atoms. The molecule has 0 unspecified atom stereocenters. The zero-order valence-electron chi connectivity index (χ0n) is 8.47. The van der Waals surface area contributed by atoms with Crippen LogP contribution >= 0.6 is 22.6 Å². The first-order valence-electron chi connectivity index (χ1n) is 5.13.